The Morgan fingerprint density at radius 2 is 2.04 bits per heavy atom. The van der Waals surface area contributed by atoms with E-state index in [1.54, 1.807) is 24.1 Å². The van der Waals surface area contributed by atoms with Crippen molar-refractivity contribution in [2.45, 2.75) is 51.0 Å². The molecule has 0 aromatic heterocycles. The predicted molar refractivity (Wildman–Crippen MR) is 93.6 cm³/mol. The molecule has 3 rings (SSSR count). The largest absolute Gasteiger partial charge is 0.481 e. The second kappa shape index (κ2) is 6.50. The summed E-state index contributed by atoms with van der Waals surface area (Å²) in [4.78, 5) is 37.7. The van der Waals surface area contributed by atoms with Crippen molar-refractivity contribution in [2.24, 2.45) is 5.92 Å². The molecule has 1 fully saturated rings. The van der Waals surface area contributed by atoms with E-state index in [0.717, 1.165) is 24.1 Å². The first-order valence-corrected chi connectivity index (χ1v) is 8.76. The molecule has 0 saturated heterocycles. The summed E-state index contributed by atoms with van der Waals surface area (Å²) in [5.41, 5.74) is 1.58. The highest BCUT2D eigenvalue weighted by molar-refractivity contribution is 5.99. The summed E-state index contributed by atoms with van der Waals surface area (Å²) in [7, 11) is 1.74. The minimum Gasteiger partial charge on any atom is -0.481 e. The summed E-state index contributed by atoms with van der Waals surface area (Å²) < 4.78 is 0. The average Bonchev–Trinajstić information content (AvgIpc) is 2.57. The minimum atomic E-state index is -0.854. The van der Waals surface area contributed by atoms with Crippen LogP contribution < -0.4 is 10.2 Å². The summed E-state index contributed by atoms with van der Waals surface area (Å²) in [5, 5.41) is 12.5. The lowest BCUT2D eigenvalue weighted by Gasteiger charge is -2.40. The van der Waals surface area contributed by atoms with E-state index in [9.17, 15) is 19.5 Å². The Bertz CT molecular complexity index is 730. The molecule has 6 heteroatoms. The molecule has 1 aliphatic carbocycles. The number of aliphatic carboxylic acids is 1. The number of benzene rings is 1. The Morgan fingerprint density at radius 3 is 2.76 bits per heavy atom. The minimum absolute atomic E-state index is 0.0729. The lowest BCUT2D eigenvalue weighted by atomic mass is 9.73. The molecule has 1 heterocycles. The molecule has 2 amide bonds. The predicted octanol–water partition coefficient (Wildman–Crippen LogP) is 2.36. The van der Waals surface area contributed by atoms with Crippen LogP contribution in [0.2, 0.25) is 0 Å². The van der Waals surface area contributed by atoms with Crippen LogP contribution in [0.3, 0.4) is 0 Å². The number of carbonyl (C=O) groups excluding carboxylic acids is 2. The van der Waals surface area contributed by atoms with Crippen LogP contribution in [0.25, 0.3) is 0 Å². The van der Waals surface area contributed by atoms with Crippen LogP contribution in [-0.2, 0) is 16.0 Å². The third-order valence-corrected chi connectivity index (χ3v) is 5.59. The van der Waals surface area contributed by atoms with Crippen LogP contribution in [0.5, 0.6) is 0 Å². The average molecular weight is 344 g/mol. The molecule has 2 aliphatic rings. The Labute approximate surface area is 147 Å². The van der Waals surface area contributed by atoms with Gasteiger partial charge in [0.15, 0.2) is 0 Å². The van der Waals surface area contributed by atoms with Gasteiger partial charge >= 0.3 is 5.97 Å². The molecule has 1 aromatic rings. The number of aryl methyl sites for hydroxylation is 1. The molecule has 1 aliphatic heterocycles. The smallest absolute Gasteiger partial charge is 0.308 e. The Morgan fingerprint density at radius 1 is 1.28 bits per heavy atom. The van der Waals surface area contributed by atoms with Gasteiger partial charge in [-0.05, 0) is 49.9 Å². The number of carboxylic acid groups (broad SMARTS) is 1. The van der Waals surface area contributed by atoms with Crippen LogP contribution >= 0.6 is 0 Å². The number of nitrogens with one attached hydrogen (secondary N) is 1. The quantitative estimate of drug-likeness (QED) is 0.881. The maximum absolute atomic E-state index is 12.7. The van der Waals surface area contributed by atoms with Gasteiger partial charge in [0.1, 0.15) is 0 Å². The van der Waals surface area contributed by atoms with Gasteiger partial charge in [-0.3, -0.25) is 14.4 Å². The highest BCUT2D eigenvalue weighted by Gasteiger charge is 2.42. The van der Waals surface area contributed by atoms with Gasteiger partial charge in [0, 0.05) is 24.7 Å². The number of nitrogens with zero attached hydrogens (tertiary/aromatic N) is 1. The molecule has 2 N–H and O–H groups in total. The SMILES string of the molecule is CN1C(=O)CCc2cc(C(=O)NC3(C)CCCCC3C(=O)O)ccc21. The Kier molecular flexibility index (Phi) is 4.54. The number of hydrogen-bond donors (Lipinski definition) is 2. The number of amides is 2. The van der Waals surface area contributed by atoms with Crippen LogP contribution in [0.15, 0.2) is 18.2 Å². The van der Waals surface area contributed by atoms with Crippen molar-refractivity contribution in [1.29, 1.82) is 0 Å². The topological polar surface area (TPSA) is 86.7 Å². The summed E-state index contributed by atoms with van der Waals surface area (Å²) in [6.07, 6.45) is 4.10. The maximum atomic E-state index is 12.7. The molecular weight excluding hydrogens is 320 g/mol. The molecule has 134 valence electrons. The van der Waals surface area contributed by atoms with Gasteiger partial charge in [-0.15, -0.1) is 0 Å². The normalized spacial score (nSPS) is 26.1. The molecule has 6 nitrogen and oxygen atoms in total. The fourth-order valence-electron chi connectivity index (χ4n) is 4.01. The second-order valence-corrected chi connectivity index (χ2v) is 7.30. The first-order valence-electron chi connectivity index (χ1n) is 8.76. The zero-order valence-corrected chi connectivity index (χ0v) is 14.7. The van der Waals surface area contributed by atoms with E-state index in [0.29, 0.717) is 31.2 Å². The van der Waals surface area contributed by atoms with E-state index in [1.807, 2.05) is 13.0 Å². The number of carboxylic acids is 1. The number of anilines is 1. The molecule has 0 radical (unpaired) electrons. The van der Waals surface area contributed by atoms with Crippen molar-refractivity contribution >= 4 is 23.5 Å². The number of carbonyl (C=O) groups is 3. The fourth-order valence-corrected chi connectivity index (χ4v) is 4.01. The number of hydrogen-bond acceptors (Lipinski definition) is 3. The molecule has 2 unspecified atom stereocenters. The van der Waals surface area contributed by atoms with E-state index in [4.69, 9.17) is 0 Å². The maximum Gasteiger partial charge on any atom is 0.308 e. The van der Waals surface area contributed by atoms with E-state index in [2.05, 4.69) is 5.32 Å². The zero-order chi connectivity index (χ0) is 18.2. The van der Waals surface area contributed by atoms with Crippen molar-refractivity contribution in [3.05, 3.63) is 29.3 Å². The molecule has 1 saturated carbocycles. The first-order chi connectivity index (χ1) is 11.8. The first kappa shape index (κ1) is 17.5. The van der Waals surface area contributed by atoms with Crippen LogP contribution in [0.1, 0.15) is 54.9 Å². The Balaban J connectivity index is 1.82. The van der Waals surface area contributed by atoms with Crippen molar-refractivity contribution < 1.29 is 19.5 Å². The lowest BCUT2D eigenvalue weighted by molar-refractivity contribution is -0.145. The zero-order valence-electron chi connectivity index (χ0n) is 14.7. The molecular formula is C19H24N2O4. The van der Waals surface area contributed by atoms with Crippen molar-refractivity contribution in [3.8, 4) is 0 Å². The molecule has 2 atom stereocenters. The molecule has 1 aromatic carbocycles. The van der Waals surface area contributed by atoms with E-state index < -0.39 is 17.4 Å². The highest BCUT2D eigenvalue weighted by atomic mass is 16.4. The van der Waals surface area contributed by atoms with Gasteiger partial charge in [-0.2, -0.15) is 0 Å². The van der Waals surface area contributed by atoms with Crippen LogP contribution in [-0.4, -0.2) is 35.5 Å². The third-order valence-electron chi connectivity index (χ3n) is 5.59. The van der Waals surface area contributed by atoms with Gasteiger partial charge in [0.25, 0.3) is 5.91 Å². The molecule has 25 heavy (non-hydrogen) atoms. The summed E-state index contributed by atoms with van der Waals surface area (Å²) >= 11 is 0. The number of fused-ring (bicyclic) bond motifs is 1. The van der Waals surface area contributed by atoms with Crippen LogP contribution in [0.4, 0.5) is 5.69 Å². The van der Waals surface area contributed by atoms with Gasteiger partial charge in [0.05, 0.1) is 11.5 Å². The van der Waals surface area contributed by atoms with Crippen molar-refractivity contribution in [1.82, 2.24) is 5.32 Å². The Hall–Kier alpha value is -2.37. The van der Waals surface area contributed by atoms with E-state index >= 15 is 0 Å². The van der Waals surface area contributed by atoms with Gasteiger partial charge in [-0.25, -0.2) is 0 Å². The van der Waals surface area contributed by atoms with Crippen molar-refractivity contribution in [3.63, 3.8) is 0 Å². The van der Waals surface area contributed by atoms with E-state index in [-0.39, 0.29) is 11.8 Å². The van der Waals surface area contributed by atoms with Gasteiger partial charge in [0.2, 0.25) is 5.91 Å². The van der Waals surface area contributed by atoms with E-state index in [1.165, 1.54) is 0 Å². The number of rotatable bonds is 3. The molecule has 0 spiro atoms. The monoisotopic (exact) mass is 344 g/mol. The summed E-state index contributed by atoms with van der Waals surface area (Å²) in [6, 6.07) is 5.31. The van der Waals surface area contributed by atoms with Gasteiger partial charge < -0.3 is 15.3 Å². The van der Waals surface area contributed by atoms with Gasteiger partial charge in [-0.1, -0.05) is 12.8 Å². The van der Waals surface area contributed by atoms with Crippen molar-refractivity contribution in [2.75, 3.05) is 11.9 Å². The lowest BCUT2D eigenvalue weighted by Crippen LogP contribution is -2.55. The summed E-state index contributed by atoms with van der Waals surface area (Å²) in [5.74, 6) is -1.60. The standard InChI is InChI=1S/C19H24N2O4/c1-19(10-4-3-5-14(19)18(24)25)20-17(23)13-6-8-15-12(11-13)7-9-16(22)21(15)2/h6,8,11,14H,3-5,7,9-10H2,1-2H3,(H,20,23)(H,24,25). The second-order valence-electron chi connectivity index (χ2n) is 7.30. The third kappa shape index (κ3) is 3.25. The summed E-state index contributed by atoms with van der Waals surface area (Å²) in [6.45, 7) is 1.83. The molecule has 0 bridgehead atoms. The van der Waals surface area contributed by atoms with Crippen LogP contribution in [0, 0.1) is 5.92 Å². The highest BCUT2D eigenvalue weighted by Crippen LogP contribution is 2.34. The fraction of sp³-hybridized carbons (Fsp3) is 0.526.